The number of aryl methyl sites for hydroxylation is 1. The van der Waals surface area contributed by atoms with Gasteiger partial charge in [-0.2, -0.15) is 0 Å². The third kappa shape index (κ3) is 3.10. The van der Waals surface area contributed by atoms with Crippen LogP contribution < -0.4 is 10.6 Å². The van der Waals surface area contributed by atoms with E-state index in [0.717, 1.165) is 19.4 Å². The van der Waals surface area contributed by atoms with Gasteiger partial charge in [-0.15, -0.1) is 0 Å². The highest BCUT2D eigenvalue weighted by molar-refractivity contribution is 9.10. The van der Waals surface area contributed by atoms with Crippen molar-refractivity contribution < 1.29 is 9.72 Å². The Kier molecular flexibility index (Phi) is 4.16. The number of nitrogens with one attached hydrogen (secondary N) is 2. The van der Waals surface area contributed by atoms with Crippen LogP contribution in [0, 0.1) is 17.0 Å². The number of rotatable bonds is 3. The summed E-state index contributed by atoms with van der Waals surface area (Å²) in [6.07, 6.45) is 1.75. The van der Waals surface area contributed by atoms with E-state index in [-0.39, 0.29) is 17.6 Å². The molecule has 2 rings (SSSR count). The monoisotopic (exact) mass is 327 g/mol. The Balaban J connectivity index is 2.21. The van der Waals surface area contributed by atoms with E-state index in [4.69, 9.17) is 0 Å². The quantitative estimate of drug-likeness (QED) is 0.659. The molecule has 19 heavy (non-hydrogen) atoms. The van der Waals surface area contributed by atoms with Crippen molar-refractivity contribution in [2.75, 3.05) is 11.9 Å². The van der Waals surface area contributed by atoms with Crippen LogP contribution in [0.3, 0.4) is 0 Å². The van der Waals surface area contributed by atoms with E-state index in [2.05, 4.69) is 26.6 Å². The van der Waals surface area contributed by atoms with E-state index in [0.29, 0.717) is 15.7 Å². The number of hydrogen-bond donors (Lipinski definition) is 2. The van der Waals surface area contributed by atoms with Gasteiger partial charge in [0.2, 0.25) is 5.91 Å². The molecule has 1 aliphatic heterocycles. The molecular weight excluding hydrogens is 314 g/mol. The van der Waals surface area contributed by atoms with E-state index in [1.807, 2.05) is 0 Å². The maximum absolute atomic E-state index is 12.0. The van der Waals surface area contributed by atoms with Crippen LogP contribution in [0.1, 0.15) is 18.4 Å². The molecule has 1 fully saturated rings. The van der Waals surface area contributed by atoms with Crippen LogP contribution in [0.2, 0.25) is 0 Å². The first-order chi connectivity index (χ1) is 8.99. The zero-order valence-electron chi connectivity index (χ0n) is 10.4. The number of anilines is 1. The molecule has 0 bridgehead atoms. The molecule has 102 valence electrons. The van der Waals surface area contributed by atoms with Crippen molar-refractivity contribution in [1.82, 2.24) is 5.32 Å². The van der Waals surface area contributed by atoms with Gasteiger partial charge in [0, 0.05) is 16.1 Å². The smallest absolute Gasteiger partial charge is 0.274 e. The zero-order chi connectivity index (χ0) is 14.0. The Morgan fingerprint density at radius 1 is 1.58 bits per heavy atom. The van der Waals surface area contributed by atoms with E-state index in [1.165, 1.54) is 6.07 Å². The first-order valence-electron chi connectivity index (χ1n) is 5.98. The molecule has 1 atom stereocenters. The summed E-state index contributed by atoms with van der Waals surface area (Å²) in [5.41, 5.74) is 0.975. The molecule has 1 heterocycles. The van der Waals surface area contributed by atoms with Gasteiger partial charge in [0.15, 0.2) is 0 Å². The van der Waals surface area contributed by atoms with Gasteiger partial charge in [-0.25, -0.2) is 0 Å². The Bertz CT molecular complexity index is 527. The fourth-order valence-corrected chi connectivity index (χ4v) is 2.64. The maximum Gasteiger partial charge on any atom is 0.274 e. The number of carbonyl (C=O) groups is 1. The Labute approximate surface area is 118 Å². The minimum Gasteiger partial charge on any atom is -0.323 e. The number of nitro benzene ring substituents is 1. The summed E-state index contributed by atoms with van der Waals surface area (Å²) < 4.78 is 0.641. The number of halogens is 1. The van der Waals surface area contributed by atoms with Gasteiger partial charge in [-0.1, -0.05) is 0 Å². The standard InChI is InChI=1S/C12H14BrN3O3/c1-7-5-8(13)10(6-11(7)16(18)19)15-12(17)9-3-2-4-14-9/h5-6,9,14H,2-4H2,1H3,(H,15,17)/t9-/m1/s1. The van der Waals surface area contributed by atoms with Gasteiger partial charge in [-0.3, -0.25) is 14.9 Å². The van der Waals surface area contributed by atoms with E-state index >= 15 is 0 Å². The molecule has 6 nitrogen and oxygen atoms in total. The highest BCUT2D eigenvalue weighted by Crippen LogP contribution is 2.30. The van der Waals surface area contributed by atoms with Crippen molar-refractivity contribution in [3.63, 3.8) is 0 Å². The number of carbonyl (C=O) groups excluding carboxylic acids is 1. The van der Waals surface area contributed by atoms with Crippen molar-refractivity contribution in [3.05, 3.63) is 32.3 Å². The summed E-state index contributed by atoms with van der Waals surface area (Å²) in [4.78, 5) is 22.4. The Morgan fingerprint density at radius 3 is 2.89 bits per heavy atom. The third-order valence-electron chi connectivity index (χ3n) is 3.12. The predicted octanol–water partition coefficient (Wildman–Crippen LogP) is 2.36. The second-order valence-electron chi connectivity index (χ2n) is 4.51. The van der Waals surface area contributed by atoms with Crippen molar-refractivity contribution in [3.8, 4) is 0 Å². The van der Waals surface area contributed by atoms with Crippen molar-refractivity contribution in [1.29, 1.82) is 0 Å². The van der Waals surface area contributed by atoms with Crippen LogP contribution in [0.4, 0.5) is 11.4 Å². The minimum atomic E-state index is -0.453. The van der Waals surface area contributed by atoms with Crippen molar-refractivity contribution in [2.24, 2.45) is 0 Å². The Hall–Kier alpha value is -1.47. The number of amides is 1. The van der Waals surface area contributed by atoms with Gasteiger partial charge in [-0.05, 0) is 48.3 Å². The van der Waals surface area contributed by atoms with Crippen LogP contribution >= 0.6 is 15.9 Å². The maximum atomic E-state index is 12.0. The average Bonchev–Trinajstić information content (AvgIpc) is 2.85. The normalized spacial score (nSPS) is 18.3. The lowest BCUT2D eigenvalue weighted by Crippen LogP contribution is -2.35. The molecule has 2 N–H and O–H groups in total. The van der Waals surface area contributed by atoms with E-state index < -0.39 is 4.92 Å². The molecule has 1 aromatic rings. The molecule has 1 aliphatic rings. The van der Waals surface area contributed by atoms with Gasteiger partial charge in [0.1, 0.15) is 0 Å². The lowest BCUT2D eigenvalue weighted by Gasteiger charge is -2.12. The molecule has 1 aromatic carbocycles. The third-order valence-corrected chi connectivity index (χ3v) is 3.77. The fourth-order valence-electron chi connectivity index (χ4n) is 2.08. The topological polar surface area (TPSA) is 84.3 Å². The van der Waals surface area contributed by atoms with Crippen molar-refractivity contribution >= 4 is 33.2 Å². The van der Waals surface area contributed by atoms with Gasteiger partial charge >= 0.3 is 0 Å². The second-order valence-corrected chi connectivity index (χ2v) is 5.37. The zero-order valence-corrected chi connectivity index (χ0v) is 12.0. The number of benzene rings is 1. The van der Waals surface area contributed by atoms with E-state index in [9.17, 15) is 14.9 Å². The number of hydrogen-bond acceptors (Lipinski definition) is 4. The molecule has 0 unspecified atom stereocenters. The highest BCUT2D eigenvalue weighted by Gasteiger charge is 2.23. The molecule has 1 amide bonds. The average molecular weight is 328 g/mol. The molecule has 1 saturated heterocycles. The van der Waals surface area contributed by atoms with E-state index in [1.54, 1.807) is 13.0 Å². The molecule has 0 radical (unpaired) electrons. The summed E-state index contributed by atoms with van der Waals surface area (Å²) in [5.74, 6) is -0.156. The highest BCUT2D eigenvalue weighted by atomic mass is 79.9. The first-order valence-corrected chi connectivity index (χ1v) is 6.77. The van der Waals surface area contributed by atoms with Crippen LogP contribution in [0.15, 0.2) is 16.6 Å². The van der Waals surface area contributed by atoms with Gasteiger partial charge in [0.05, 0.1) is 16.7 Å². The molecule has 0 spiro atoms. The molecule has 0 aliphatic carbocycles. The summed E-state index contributed by atoms with van der Waals surface area (Å²) in [5, 5.41) is 16.7. The van der Waals surface area contributed by atoms with Crippen LogP contribution in [-0.2, 0) is 4.79 Å². The SMILES string of the molecule is Cc1cc(Br)c(NC(=O)[C@H]2CCCN2)cc1[N+](=O)[O-]. The van der Waals surface area contributed by atoms with Crippen LogP contribution in [-0.4, -0.2) is 23.4 Å². The molecule has 7 heteroatoms. The Morgan fingerprint density at radius 2 is 2.32 bits per heavy atom. The lowest BCUT2D eigenvalue weighted by atomic mass is 10.1. The number of nitro groups is 1. The lowest BCUT2D eigenvalue weighted by molar-refractivity contribution is -0.385. The predicted molar refractivity (Wildman–Crippen MR) is 75.2 cm³/mol. The summed E-state index contributed by atoms with van der Waals surface area (Å²) >= 11 is 3.31. The number of nitrogens with zero attached hydrogens (tertiary/aromatic N) is 1. The van der Waals surface area contributed by atoms with Crippen molar-refractivity contribution in [2.45, 2.75) is 25.8 Å². The largest absolute Gasteiger partial charge is 0.323 e. The molecule has 0 aromatic heterocycles. The summed E-state index contributed by atoms with van der Waals surface area (Å²) in [7, 11) is 0. The summed E-state index contributed by atoms with van der Waals surface area (Å²) in [6.45, 7) is 2.49. The van der Waals surface area contributed by atoms with Crippen LogP contribution in [0.25, 0.3) is 0 Å². The fraction of sp³-hybridized carbons (Fsp3) is 0.417. The molecular formula is C12H14BrN3O3. The molecule has 0 saturated carbocycles. The minimum absolute atomic E-state index is 0.00196. The second kappa shape index (κ2) is 5.66. The van der Waals surface area contributed by atoms with Gasteiger partial charge < -0.3 is 10.6 Å². The summed E-state index contributed by atoms with van der Waals surface area (Å²) in [6, 6.07) is 2.80. The first kappa shape index (κ1) is 14.0. The van der Waals surface area contributed by atoms with Crippen LogP contribution in [0.5, 0.6) is 0 Å². The van der Waals surface area contributed by atoms with Gasteiger partial charge in [0.25, 0.3) is 5.69 Å².